The first-order chi connectivity index (χ1) is 18.3. The van der Waals surface area contributed by atoms with Crippen LogP contribution < -0.4 is 21.7 Å². The summed E-state index contributed by atoms with van der Waals surface area (Å²) in [6.07, 6.45) is -0.595. The van der Waals surface area contributed by atoms with Gasteiger partial charge in [0.1, 0.15) is 23.3 Å². The molecule has 11 heteroatoms. The highest BCUT2D eigenvalue weighted by molar-refractivity contribution is 5.91. The van der Waals surface area contributed by atoms with Crippen LogP contribution in [0.1, 0.15) is 80.2 Å². The number of hydrogen-bond donors (Lipinski definition) is 4. The van der Waals surface area contributed by atoms with Gasteiger partial charge in [-0.05, 0) is 67.2 Å². The van der Waals surface area contributed by atoms with Crippen molar-refractivity contribution in [3.8, 4) is 0 Å². The summed E-state index contributed by atoms with van der Waals surface area (Å²) in [5.74, 6) is -2.50. The number of aryl methyl sites for hydroxylation is 1. The molecule has 0 aliphatic carbocycles. The van der Waals surface area contributed by atoms with Crippen molar-refractivity contribution in [1.29, 1.82) is 0 Å². The molecule has 0 heterocycles. The Labute approximate surface area is 238 Å². The number of benzene rings is 1. The number of nitrogens with one attached hydrogen (secondary N) is 3. The maximum absolute atomic E-state index is 12.6. The highest BCUT2D eigenvalue weighted by Crippen LogP contribution is 2.11. The number of esters is 1. The fraction of sp³-hybridized carbons (Fsp3) is 0.621. The predicted molar refractivity (Wildman–Crippen MR) is 153 cm³/mol. The molecule has 11 nitrogen and oxygen atoms in total. The average molecular weight is 565 g/mol. The van der Waals surface area contributed by atoms with E-state index >= 15 is 0 Å². The van der Waals surface area contributed by atoms with E-state index in [0.717, 1.165) is 0 Å². The Morgan fingerprint density at radius 1 is 0.850 bits per heavy atom. The number of rotatable bonds is 11. The standard InChI is InChI=1S/C22H40N4O7.C7H8/c1-13(2)11-15(26-20(31)33-22(6,7)8)18(29)24-12-17(28)25-14(9-10-16(23)27)19(30)32-21(3,4)5;1-7-5-3-2-4-6-7/h13-15H,9-12H2,1-8H3,(H2,23,27)(H,24,29)(H,25,28)(H,26,31);2-6H,1H3. The number of ether oxygens (including phenoxy) is 2. The highest BCUT2D eigenvalue weighted by Gasteiger charge is 2.28. The molecule has 1 rings (SSSR count). The van der Waals surface area contributed by atoms with Crippen LogP contribution in [0.3, 0.4) is 0 Å². The van der Waals surface area contributed by atoms with Crippen LogP contribution >= 0.6 is 0 Å². The van der Waals surface area contributed by atoms with E-state index in [2.05, 4.69) is 35.0 Å². The van der Waals surface area contributed by atoms with Gasteiger partial charge in [0.25, 0.3) is 0 Å². The summed E-state index contributed by atoms with van der Waals surface area (Å²) in [5, 5.41) is 7.42. The van der Waals surface area contributed by atoms with Crippen LogP contribution in [0.5, 0.6) is 0 Å². The summed E-state index contributed by atoms with van der Waals surface area (Å²) in [5.41, 5.74) is 4.94. The fourth-order valence-electron chi connectivity index (χ4n) is 3.13. The van der Waals surface area contributed by atoms with Crippen molar-refractivity contribution in [2.24, 2.45) is 11.7 Å². The second-order valence-corrected chi connectivity index (χ2v) is 11.9. The van der Waals surface area contributed by atoms with Crippen molar-refractivity contribution in [1.82, 2.24) is 16.0 Å². The van der Waals surface area contributed by atoms with Gasteiger partial charge in [0.15, 0.2) is 0 Å². The lowest BCUT2D eigenvalue weighted by molar-refractivity contribution is -0.158. The molecule has 0 aromatic heterocycles. The predicted octanol–water partition coefficient (Wildman–Crippen LogP) is 3.13. The van der Waals surface area contributed by atoms with Crippen LogP contribution in [-0.2, 0) is 28.7 Å². The first kappa shape index (κ1) is 36.4. The SMILES string of the molecule is CC(C)CC(NC(=O)OC(C)(C)C)C(=O)NCC(=O)NC(CCC(N)=O)C(=O)OC(C)(C)C.Cc1ccccc1. The number of carbonyl (C=O) groups is 5. The van der Waals surface area contributed by atoms with Crippen LogP contribution in [0.15, 0.2) is 30.3 Å². The van der Waals surface area contributed by atoms with Gasteiger partial charge < -0.3 is 31.2 Å². The van der Waals surface area contributed by atoms with Gasteiger partial charge in [-0.3, -0.25) is 14.4 Å². The van der Waals surface area contributed by atoms with E-state index in [1.807, 2.05) is 32.0 Å². The molecule has 4 amide bonds. The van der Waals surface area contributed by atoms with Crippen LogP contribution in [0.2, 0.25) is 0 Å². The minimum Gasteiger partial charge on any atom is -0.458 e. The normalized spacial score (nSPS) is 12.7. The van der Waals surface area contributed by atoms with Crippen LogP contribution in [0, 0.1) is 12.8 Å². The van der Waals surface area contributed by atoms with Crippen molar-refractivity contribution in [3.05, 3.63) is 35.9 Å². The third-order valence-corrected chi connectivity index (χ3v) is 4.78. The Kier molecular flexibility index (Phi) is 15.6. The smallest absolute Gasteiger partial charge is 0.408 e. The second kappa shape index (κ2) is 17.1. The summed E-state index contributed by atoms with van der Waals surface area (Å²) in [6, 6.07) is 8.24. The molecule has 0 saturated heterocycles. The van der Waals surface area contributed by atoms with E-state index in [9.17, 15) is 24.0 Å². The van der Waals surface area contributed by atoms with Crippen molar-refractivity contribution in [3.63, 3.8) is 0 Å². The molecule has 226 valence electrons. The van der Waals surface area contributed by atoms with E-state index in [-0.39, 0.29) is 18.8 Å². The number of alkyl carbamates (subject to hydrolysis) is 1. The Hall–Kier alpha value is -3.63. The van der Waals surface area contributed by atoms with Crippen LogP contribution in [0.4, 0.5) is 4.79 Å². The largest absolute Gasteiger partial charge is 0.458 e. The Morgan fingerprint density at radius 3 is 1.82 bits per heavy atom. The van der Waals surface area contributed by atoms with Crippen LogP contribution in [-0.4, -0.2) is 59.6 Å². The zero-order chi connectivity index (χ0) is 31.1. The molecule has 2 atom stereocenters. The zero-order valence-corrected chi connectivity index (χ0v) is 25.4. The zero-order valence-electron chi connectivity index (χ0n) is 25.4. The second-order valence-electron chi connectivity index (χ2n) is 11.9. The maximum atomic E-state index is 12.6. The van der Waals surface area contributed by atoms with Gasteiger partial charge in [-0.1, -0.05) is 49.7 Å². The molecular formula is C29H48N4O7. The molecule has 0 saturated carbocycles. The third kappa shape index (κ3) is 19.4. The maximum Gasteiger partial charge on any atom is 0.408 e. The van der Waals surface area contributed by atoms with Gasteiger partial charge in [0.05, 0.1) is 6.54 Å². The number of primary amides is 1. The van der Waals surface area contributed by atoms with E-state index in [1.165, 1.54) is 5.56 Å². The summed E-state index contributed by atoms with van der Waals surface area (Å²) in [6.45, 7) is 15.5. The summed E-state index contributed by atoms with van der Waals surface area (Å²) < 4.78 is 10.5. The van der Waals surface area contributed by atoms with Crippen molar-refractivity contribution in [2.45, 2.75) is 105 Å². The Balaban J connectivity index is 0.00000187. The first-order valence-electron chi connectivity index (χ1n) is 13.4. The molecule has 0 spiro atoms. The third-order valence-electron chi connectivity index (χ3n) is 4.78. The monoisotopic (exact) mass is 564 g/mol. The van der Waals surface area contributed by atoms with E-state index in [0.29, 0.717) is 6.42 Å². The van der Waals surface area contributed by atoms with Gasteiger partial charge in [-0.25, -0.2) is 9.59 Å². The molecule has 0 bridgehead atoms. The van der Waals surface area contributed by atoms with Crippen molar-refractivity contribution in [2.75, 3.05) is 6.54 Å². The van der Waals surface area contributed by atoms with Gasteiger partial charge in [-0.2, -0.15) is 0 Å². The average Bonchev–Trinajstić information content (AvgIpc) is 2.77. The van der Waals surface area contributed by atoms with Crippen molar-refractivity contribution < 1.29 is 33.4 Å². The summed E-state index contributed by atoms with van der Waals surface area (Å²) >= 11 is 0. The molecule has 40 heavy (non-hydrogen) atoms. The van der Waals surface area contributed by atoms with Gasteiger partial charge >= 0.3 is 12.1 Å². The number of nitrogens with two attached hydrogens (primary N) is 1. The molecule has 0 fully saturated rings. The fourth-order valence-corrected chi connectivity index (χ4v) is 3.13. The molecule has 0 aliphatic heterocycles. The minimum absolute atomic E-state index is 0.0416. The lowest BCUT2D eigenvalue weighted by atomic mass is 10.0. The Morgan fingerprint density at radius 2 is 1.40 bits per heavy atom. The topological polar surface area (TPSA) is 166 Å². The quantitative estimate of drug-likeness (QED) is 0.300. The Bertz CT molecular complexity index is 967. The lowest BCUT2D eigenvalue weighted by Gasteiger charge is -2.25. The van der Waals surface area contributed by atoms with Crippen molar-refractivity contribution >= 4 is 29.8 Å². The van der Waals surface area contributed by atoms with E-state index < -0.39 is 59.6 Å². The molecule has 0 radical (unpaired) electrons. The van der Waals surface area contributed by atoms with E-state index in [1.54, 1.807) is 41.5 Å². The number of hydrogen-bond acceptors (Lipinski definition) is 7. The van der Waals surface area contributed by atoms with E-state index in [4.69, 9.17) is 15.2 Å². The van der Waals surface area contributed by atoms with Gasteiger partial charge in [0.2, 0.25) is 17.7 Å². The molecule has 2 unspecified atom stereocenters. The minimum atomic E-state index is -1.10. The van der Waals surface area contributed by atoms with Gasteiger partial charge in [0, 0.05) is 6.42 Å². The highest BCUT2D eigenvalue weighted by atomic mass is 16.6. The molecule has 5 N–H and O–H groups in total. The first-order valence-corrected chi connectivity index (χ1v) is 13.4. The lowest BCUT2D eigenvalue weighted by Crippen LogP contribution is -2.52. The molecular weight excluding hydrogens is 516 g/mol. The number of amides is 4. The van der Waals surface area contributed by atoms with Crippen LogP contribution in [0.25, 0.3) is 0 Å². The number of carbonyl (C=O) groups excluding carboxylic acids is 5. The summed E-state index contributed by atoms with van der Waals surface area (Å²) in [7, 11) is 0. The van der Waals surface area contributed by atoms with Gasteiger partial charge in [-0.15, -0.1) is 0 Å². The molecule has 1 aromatic carbocycles. The summed E-state index contributed by atoms with van der Waals surface area (Å²) in [4.78, 5) is 60.5. The molecule has 0 aliphatic rings. The molecule has 1 aromatic rings.